The topological polar surface area (TPSA) is 42.0 Å². The van der Waals surface area contributed by atoms with Crippen LogP contribution in [0.5, 0.6) is 11.5 Å². The Morgan fingerprint density at radius 1 is 1.14 bits per heavy atom. The number of fused-ring (bicyclic) bond motifs is 3. The van der Waals surface area contributed by atoms with Crippen molar-refractivity contribution >= 4 is 23.4 Å². The Hall–Kier alpha value is -2.34. The van der Waals surface area contributed by atoms with Crippen molar-refractivity contribution in [2.45, 2.75) is 29.7 Å². The van der Waals surface area contributed by atoms with E-state index in [4.69, 9.17) is 9.47 Å². The number of piperidine rings is 1. The third-order valence-electron chi connectivity index (χ3n) is 6.42. The fourth-order valence-corrected chi connectivity index (χ4v) is 6.12. The van der Waals surface area contributed by atoms with E-state index in [-0.39, 0.29) is 5.91 Å². The highest BCUT2D eigenvalue weighted by molar-refractivity contribution is 7.99. The van der Waals surface area contributed by atoms with E-state index in [1.807, 2.05) is 22.7 Å². The number of carbonyl (C=O) groups is 1. The molecule has 0 bridgehead atoms. The number of anilines is 1. The number of para-hydroxylation sites is 1. The summed E-state index contributed by atoms with van der Waals surface area (Å²) in [5, 5.41) is 0. The normalized spacial score (nSPS) is 22.6. The van der Waals surface area contributed by atoms with Gasteiger partial charge in [-0.15, -0.1) is 11.8 Å². The van der Waals surface area contributed by atoms with Crippen molar-refractivity contribution in [3.05, 3.63) is 47.5 Å². The summed E-state index contributed by atoms with van der Waals surface area (Å²) in [5.41, 5.74) is 3.42. The number of hydrogen-bond acceptors (Lipinski definition) is 5. The number of carbonyl (C=O) groups excluding carboxylic acids is 1. The standard InChI is InChI=1S/C23H26N2O3S/c1-27-15-7-8-20(28-2)17(13-15)23(26)24-11-9-19-18(14-24)16-5-3-6-21-22(16)25(19)10-4-12-29-21/h3,5-8,13,18-19H,4,9-12,14H2,1-2H3/t18-,19-/m1/s1. The highest BCUT2D eigenvalue weighted by Gasteiger charge is 2.44. The van der Waals surface area contributed by atoms with Gasteiger partial charge in [-0.05, 0) is 48.4 Å². The first-order chi connectivity index (χ1) is 14.2. The molecule has 1 amide bonds. The molecule has 3 aliphatic heterocycles. The number of ether oxygens (including phenoxy) is 2. The minimum atomic E-state index is 0.0248. The number of amides is 1. The van der Waals surface area contributed by atoms with Crippen LogP contribution in [0.2, 0.25) is 0 Å². The smallest absolute Gasteiger partial charge is 0.257 e. The molecular formula is C23H26N2O3S. The van der Waals surface area contributed by atoms with Crippen LogP contribution in [0.3, 0.4) is 0 Å². The third-order valence-corrected chi connectivity index (χ3v) is 7.55. The monoisotopic (exact) mass is 410 g/mol. The fourth-order valence-electron chi connectivity index (χ4n) is 5.08. The van der Waals surface area contributed by atoms with E-state index in [0.717, 1.165) is 26.1 Å². The van der Waals surface area contributed by atoms with Gasteiger partial charge in [0, 0.05) is 36.5 Å². The van der Waals surface area contributed by atoms with Crippen LogP contribution in [0.15, 0.2) is 41.3 Å². The van der Waals surface area contributed by atoms with Crippen molar-refractivity contribution in [1.29, 1.82) is 0 Å². The number of likely N-dealkylation sites (tertiary alicyclic amines) is 1. The van der Waals surface area contributed by atoms with Crippen LogP contribution in [0, 0.1) is 0 Å². The molecule has 0 radical (unpaired) electrons. The van der Waals surface area contributed by atoms with Crippen molar-refractivity contribution in [1.82, 2.24) is 4.90 Å². The molecule has 0 spiro atoms. The molecule has 0 aromatic heterocycles. The van der Waals surface area contributed by atoms with Crippen LogP contribution >= 0.6 is 11.8 Å². The molecule has 152 valence electrons. The van der Waals surface area contributed by atoms with Crippen LogP contribution < -0.4 is 14.4 Å². The van der Waals surface area contributed by atoms with E-state index in [0.29, 0.717) is 29.0 Å². The number of rotatable bonds is 3. The van der Waals surface area contributed by atoms with Crippen molar-refractivity contribution in [2.24, 2.45) is 0 Å². The average Bonchev–Trinajstić information content (AvgIpc) is 2.93. The van der Waals surface area contributed by atoms with Gasteiger partial charge in [-0.1, -0.05) is 12.1 Å². The lowest BCUT2D eigenvalue weighted by Gasteiger charge is -2.39. The molecule has 5 rings (SSSR count). The van der Waals surface area contributed by atoms with E-state index >= 15 is 0 Å². The first-order valence-corrected chi connectivity index (χ1v) is 11.2. The number of benzene rings is 2. The molecule has 5 nitrogen and oxygen atoms in total. The van der Waals surface area contributed by atoms with Crippen LogP contribution in [0.4, 0.5) is 5.69 Å². The summed E-state index contributed by atoms with van der Waals surface area (Å²) >= 11 is 1.97. The predicted octanol–water partition coefficient (Wildman–Crippen LogP) is 4.02. The van der Waals surface area contributed by atoms with Gasteiger partial charge in [-0.25, -0.2) is 0 Å². The van der Waals surface area contributed by atoms with Crippen molar-refractivity contribution in [3.63, 3.8) is 0 Å². The van der Waals surface area contributed by atoms with Gasteiger partial charge in [0.25, 0.3) is 5.91 Å². The third kappa shape index (κ3) is 3.05. The first kappa shape index (κ1) is 18.7. The molecule has 29 heavy (non-hydrogen) atoms. The van der Waals surface area contributed by atoms with Crippen molar-refractivity contribution in [2.75, 3.05) is 44.5 Å². The zero-order chi connectivity index (χ0) is 20.0. The van der Waals surface area contributed by atoms with E-state index in [9.17, 15) is 4.79 Å². The van der Waals surface area contributed by atoms with E-state index < -0.39 is 0 Å². The summed E-state index contributed by atoms with van der Waals surface area (Å²) in [6.07, 6.45) is 2.22. The molecular weight excluding hydrogens is 384 g/mol. The van der Waals surface area contributed by atoms with Gasteiger partial charge < -0.3 is 19.3 Å². The summed E-state index contributed by atoms with van der Waals surface area (Å²) < 4.78 is 10.8. The molecule has 0 aliphatic carbocycles. The van der Waals surface area contributed by atoms with Crippen LogP contribution in [0.1, 0.15) is 34.7 Å². The number of nitrogens with zero attached hydrogens (tertiary/aromatic N) is 2. The van der Waals surface area contributed by atoms with Gasteiger partial charge in [-0.3, -0.25) is 4.79 Å². The highest BCUT2D eigenvalue weighted by Crippen LogP contribution is 2.50. The van der Waals surface area contributed by atoms with Gasteiger partial charge in [0.2, 0.25) is 0 Å². The van der Waals surface area contributed by atoms with E-state index in [1.54, 1.807) is 26.4 Å². The molecule has 0 saturated carbocycles. The Kier molecular flexibility index (Phi) is 4.82. The first-order valence-electron chi connectivity index (χ1n) is 10.2. The molecule has 2 aromatic rings. The SMILES string of the molecule is COc1ccc(OC)c(C(=O)N2CC[C@@H]3[C@H](C2)c2cccc4c2N3CCCS4)c1. The Balaban J connectivity index is 1.46. The summed E-state index contributed by atoms with van der Waals surface area (Å²) in [4.78, 5) is 19.4. The molecule has 6 heteroatoms. The van der Waals surface area contributed by atoms with Crippen LogP contribution in [-0.4, -0.2) is 56.5 Å². The molecule has 3 heterocycles. The van der Waals surface area contributed by atoms with Gasteiger partial charge in [0.1, 0.15) is 11.5 Å². The molecule has 2 atom stereocenters. The second-order valence-corrected chi connectivity index (χ2v) is 9.01. The Morgan fingerprint density at radius 3 is 2.86 bits per heavy atom. The summed E-state index contributed by atoms with van der Waals surface area (Å²) in [6.45, 7) is 2.64. The zero-order valence-electron chi connectivity index (χ0n) is 16.9. The Bertz CT molecular complexity index is 948. The Morgan fingerprint density at radius 2 is 2.03 bits per heavy atom. The molecule has 1 fully saturated rings. The van der Waals surface area contributed by atoms with Gasteiger partial charge in [-0.2, -0.15) is 0 Å². The summed E-state index contributed by atoms with van der Waals surface area (Å²) in [5.74, 6) is 2.85. The van der Waals surface area contributed by atoms with E-state index in [1.165, 1.54) is 28.3 Å². The van der Waals surface area contributed by atoms with Gasteiger partial charge in [0.15, 0.2) is 0 Å². The minimum Gasteiger partial charge on any atom is -0.497 e. The largest absolute Gasteiger partial charge is 0.497 e. The predicted molar refractivity (Wildman–Crippen MR) is 116 cm³/mol. The zero-order valence-corrected chi connectivity index (χ0v) is 17.7. The maximum Gasteiger partial charge on any atom is 0.257 e. The van der Waals surface area contributed by atoms with Crippen molar-refractivity contribution < 1.29 is 14.3 Å². The molecule has 2 aromatic carbocycles. The van der Waals surface area contributed by atoms with Crippen molar-refractivity contribution in [3.8, 4) is 11.5 Å². The number of thioether (sulfide) groups is 1. The van der Waals surface area contributed by atoms with Gasteiger partial charge in [0.05, 0.1) is 25.5 Å². The summed E-state index contributed by atoms with van der Waals surface area (Å²) in [7, 11) is 3.22. The average molecular weight is 411 g/mol. The lowest BCUT2D eigenvalue weighted by molar-refractivity contribution is 0.0693. The van der Waals surface area contributed by atoms with E-state index in [2.05, 4.69) is 23.1 Å². The maximum absolute atomic E-state index is 13.4. The second-order valence-electron chi connectivity index (χ2n) is 7.87. The van der Waals surface area contributed by atoms with Gasteiger partial charge >= 0.3 is 0 Å². The quantitative estimate of drug-likeness (QED) is 0.765. The summed E-state index contributed by atoms with van der Waals surface area (Å²) in [6, 6.07) is 12.6. The maximum atomic E-state index is 13.4. The fraction of sp³-hybridized carbons (Fsp3) is 0.435. The Labute approximate surface area is 176 Å². The molecule has 3 aliphatic rings. The lowest BCUT2D eigenvalue weighted by Crippen LogP contribution is -2.48. The van der Waals surface area contributed by atoms with Crippen LogP contribution in [0.25, 0.3) is 0 Å². The molecule has 0 N–H and O–H groups in total. The molecule has 0 unspecified atom stereocenters. The molecule has 1 saturated heterocycles. The number of hydrogen-bond donors (Lipinski definition) is 0. The van der Waals surface area contributed by atoms with Crippen LogP contribution in [-0.2, 0) is 0 Å². The second kappa shape index (κ2) is 7.48. The number of methoxy groups -OCH3 is 2. The highest BCUT2D eigenvalue weighted by atomic mass is 32.2. The lowest BCUT2D eigenvalue weighted by atomic mass is 9.88. The minimum absolute atomic E-state index is 0.0248.